The summed E-state index contributed by atoms with van der Waals surface area (Å²) in [5, 5.41) is 2.50. The highest BCUT2D eigenvalue weighted by molar-refractivity contribution is 5.81. The fourth-order valence-corrected chi connectivity index (χ4v) is 1.30. The van der Waals surface area contributed by atoms with Crippen molar-refractivity contribution < 1.29 is 23.8 Å². The smallest absolute Gasteiger partial charge is 0.407 e. The van der Waals surface area contributed by atoms with Crippen LogP contribution in [-0.2, 0) is 19.0 Å². The van der Waals surface area contributed by atoms with Crippen LogP contribution in [0.1, 0.15) is 33.1 Å². The third kappa shape index (κ3) is 7.89. The molecule has 1 atom stereocenters. The van der Waals surface area contributed by atoms with Crippen LogP contribution in [0.3, 0.4) is 0 Å². The van der Waals surface area contributed by atoms with E-state index in [1.807, 2.05) is 6.92 Å². The first-order chi connectivity index (χ1) is 8.65. The second-order valence-corrected chi connectivity index (χ2v) is 3.72. The second-order valence-electron chi connectivity index (χ2n) is 3.72. The summed E-state index contributed by atoms with van der Waals surface area (Å²) in [7, 11) is 1.52. The van der Waals surface area contributed by atoms with Gasteiger partial charge in [0.15, 0.2) is 0 Å². The van der Waals surface area contributed by atoms with Crippen molar-refractivity contribution in [3.63, 3.8) is 0 Å². The third-order valence-electron chi connectivity index (χ3n) is 2.23. The Hall–Kier alpha value is -1.30. The van der Waals surface area contributed by atoms with Crippen molar-refractivity contribution >= 4 is 12.1 Å². The van der Waals surface area contributed by atoms with Crippen molar-refractivity contribution in [2.75, 3.05) is 26.9 Å². The average Bonchev–Trinajstić information content (AvgIpc) is 2.35. The van der Waals surface area contributed by atoms with Crippen LogP contribution in [0, 0.1) is 0 Å². The van der Waals surface area contributed by atoms with Crippen molar-refractivity contribution in [1.82, 2.24) is 5.32 Å². The minimum atomic E-state index is -0.639. The first-order valence-electron chi connectivity index (χ1n) is 6.24. The van der Waals surface area contributed by atoms with Crippen LogP contribution in [0.5, 0.6) is 0 Å². The van der Waals surface area contributed by atoms with Crippen molar-refractivity contribution in [2.24, 2.45) is 0 Å². The van der Waals surface area contributed by atoms with E-state index in [1.165, 1.54) is 7.11 Å². The Labute approximate surface area is 108 Å². The molecule has 0 aromatic carbocycles. The Morgan fingerprint density at radius 3 is 2.44 bits per heavy atom. The number of carbonyl (C=O) groups excluding carboxylic acids is 2. The number of unbranched alkanes of at least 4 members (excludes halogenated alkanes) is 1. The number of carbonyl (C=O) groups is 2. The number of amides is 1. The Morgan fingerprint density at radius 2 is 1.89 bits per heavy atom. The van der Waals surface area contributed by atoms with Crippen molar-refractivity contribution in [3.8, 4) is 0 Å². The molecular weight excluding hydrogens is 238 g/mol. The number of nitrogens with one attached hydrogen (secondary N) is 1. The van der Waals surface area contributed by atoms with Gasteiger partial charge in [-0.2, -0.15) is 0 Å². The molecule has 0 spiro atoms. The lowest BCUT2D eigenvalue weighted by Gasteiger charge is -2.16. The van der Waals surface area contributed by atoms with Gasteiger partial charge in [0.05, 0.1) is 13.2 Å². The van der Waals surface area contributed by atoms with Crippen molar-refractivity contribution in [3.05, 3.63) is 0 Å². The summed E-state index contributed by atoms with van der Waals surface area (Å²) in [6.07, 6.45) is 1.70. The van der Waals surface area contributed by atoms with Gasteiger partial charge in [-0.25, -0.2) is 9.59 Å². The molecule has 6 nitrogen and oxygen atoms in total. The monoisotopic (exact) mass is 261 g/mol. The second kappa shape index (κ2) is 10.8. The van der Waals surface area contributed by atoms with E-state index in [9.17, 15) is 9.59 Å². The van der Waals surface area contributed by atoms with Gasteiger partial charge < -0.3 is 19.5 Å². The number of ether oxygens (including phenoxy) is 3. The number of rotatable bonds is 9. The quantitative estimate of drug-likeness (QED) is 0.502. The van der Waals surface area contributed by atoms with Gasteiger partial charge in [-0.1, -0.05) is 19.8 Å². The molecule has 0 aromatic rings. The van der Waals surface area contributed by atoms with Crippen LogP contribution in [0.25, 0.3) is 0 Å². The Bertz CT molecular complexity index is 245. The van der Waals surface area contributed by atoms with Crippen LogP contribution in [0.4, 0.5) is 4.79 Å². The highest BCUT2D eigenvalue weighted by Gasteiger charge is 2.21. The fraction of sp³-hybridized carbons (Fsp3) is 0.833. The third-order valence-corrected chi connectivity index (χ3v) is 2.23. The normalized spacial score (nSPS) is 11.7. The van der Waals surface area contributed by atoms with Crippen molar-refractivity contribution in [2.45, 2.75) is 39.2 Å². The summed E-state index contributed by atoms with van der Waals surface area (Å²) in [5.74, 6) is -0.422. The molecule has 0 fully saturated rings. The molecule has 0 aromatic heterocycles. The van der Waals surface area contributed by atoms with E-state index >= 15 is 0 Å². The summed E-state index contributed by atoms with van der Waals surface area (Å²) in [6, 6.07) is -0.639. The molecule has 0 saturated heterocycles. The Balaban J connectivity index is 4.12. The maximum absolute atomic E-state index is 11.6. The summed E-state index contributed by atoms with van der Waals surface area (Å²) >= 11 is 0. The van der Waals surface area contributed by atoms with Gasteiger partial charge in [0.2, 0.25) is 0 Å². The SMILES string of the molecule is CCCCC(NC(=O)OCCOC)C(=O)OCC. The molecule has 18 heavy (non-hydrogen) atoms. The number of esters is 1. The molecule has 0 aliphatic rings. The molecule has 1 unspecified atom stereocenters. The van der Waals surface area contributed by atoms with Gasteiger partial charge in [0, 0.05) is 7.11 Å². The molecule has 106 valence electrons. The van der Waals surface area contributed by atoms with Crippen LogP contribution in [-0.4, -0.2) is 45.0 Å². The molecule has 6 heteroatoms. The molecule has 0 aliphatic heterocycles. The topological polar surface area (TPSA) is 73.9 Å². The summed E-state index contributed by atoms with van der Waals surface area (Å²) in [4.78, 5) is 23.0. The van der Waals surface area contributed by atoms with E-state index in [4.69, 9.17) is 14.2 Å². The molecular formula is C12H23NO5. The first kappa shape index (κ1) is 16.7. The zero-order valence-electron chi connectivity index (χ0n) is 11.4. The van der Waals surface area contributed by atoms with E-state index in [0.717, 1.165) is 12.8 Å². The lowest BCUT2D eigenvalue weighted by Crippen LogP contribution is -2.42. The van der Waals surface area contributed by atoms with E-state index in [-0.39, 0.29) is 6.61 Å². The predicted octanol–water partition coefficient (Wildman–Crippen LogP) is 1.48. The predicted molar refractivity (Wildman–Crippen MR) is 66.3 cm³/mol. The van der Waals surface area contributed by atoms with Crippen molar-refractivity contribution in [1.29, 1.82) is 0 Å². The van der Waals surface area contributed by atoms with Gasteiger partial charge in [0.1, 0.15) is 12.6 Å². The molecule has 0 aliphatic carbocycles. The van der Waals surface area contributed by atoms with Crippen LogP contribution in [0.2, 0.25) is 0 Å². The first-order valence-corrected chi connectivity index (χ1v) is 6.24. The Morgan fingerprint density at radius 1 is 1.17 bits per heavy atom. The van der Waals surface area contributed by atoms with E-state index < -0.39 is 18.1 Å². The van der Waals surface area contributed by atoms with Crippen LogP contribution in [0.15, 0.2) is 0 Å². The fourth-order valence-electron chi connectivity index (χ4n) is 1.30. The standard InChI is InChI=1S/C12H23NO5/c1-4-6-7-10(11(14)17-5-2)13-12(15)18-9-8-16-3/h10H,4-9H2,1-3H3,(H,13,15). The van der Waals surface area contributed by atoms with Gasteiger partial charge >= 0.3 is 12.1 Å². The molecule has 1 amide bonds. The average molecular weight is 261 g/mol. The van der Waals surface area contributed by atoms with Gasteiger partial charge in [-0.15, -0.1) is 0 Å². The summed E-state index contributed by atoms with van der Waals surface area (Å²) < 4.78 is 14.5. The van der Waals surface area contributed by atoms with Crippen LogP contribution >= 0.6 is 0 Å². The molecule has 0 radical (unpaired) electrons. The number of alkyl carbamates (subject to hydrolysis) is 1. The highest BCUT2D eigenvalue weighted by atomic mass is 16.6. The highest BCUT2D eigenvalue weighted by Crippen LogP contribution is 2.03. The lowest BCUT2D eigenvalue weighted by molar-refractivity contribution is -0.145. The summed E-state index contributed by atoms with van der Waals surface area (Å²) in [6.45, 7) is 4.52. The maximum atomic E-state index is 11.6. The molecule has 0 heterocycles. The van der Waals surface area contributed by atoms with E-state index in [1.54, 1.807) is 6.92 Å². The lowest BCUT2D eigenvalue weighted by atomic mass is 10.1. The minimum Gasteiger partial charge on any atom is -0.464 e. The molecule has 0 saturated carbocycles. The van der Waals surface area contributed by atoms with E-state index in [0.29, 0.717) is 19.6 Å². The summed E-state index contributed by atoms with van der Waals surface area (Å²) in [5.41, 5.74) is 0. The number of hydrogen-bond acceptors (Lipinski definition) is 5. The van der Waals surface area contributed by atoms with Crippen LogP contribution < -0.4 is 5.32 Å². The molecule has 0 bridgehead atoms. The maximum Gasteiger partial charge on any atom is 0.407 e. The largest absolute Gasteiger partial charge is 0.464 e. The van der Waals surface area contributed by atoms with Gasteiger partial charge in [0.25, 0.3) is 0 Å². The molecule has 0 rings (SSSR count). The zero-order chi connectivity index (χ0) is 13.8. The number of hydrogen-bond donors (Lipinski definition) is 1. The van der Waals surface area contributed by atoms with Gasteiger partial charge in [-0.3, -0.25) is 0 Å². The Kier molecular flexibility index (Phi) is 10.0. The van der Waals surface area contributed by atoms with Gasteiger partial charge in [-0.05, 0) is 13.3 Å². The minimum absolute atomic E-state index is 0.158. The molecule has 1 N–H and O–H groups in total. The number of methoxy groups -OCH3 is 1. The van der Waals surface area contributed by atoms with E-state index in [2.05, 4.69) is 5.32 Å². The zero-order valence-corrected chi connectivity index (χ0v) is 11.4.